The Balaban J connectivity index is 1.85. The number of carbonyl (C=O) groups is 1. The van der Waals surface area contributed by atoms with E-state index >= 15 is 0 Å². The van der Waals surface area contributed by atoms with Gasteiger partial charge in [-0.3, -0.25) is 4.79 Å². The Morgan fingerprint density at radius 3 is 1.93 bits per heavy atom. The van der Waals surface area contributed by atoms with E-state index in [4.69, 9.17) is 4.28 Å². The zero-order valence-corrected chi connectivity index (χ0v) is 15.9. The Labute approximate surface area is 163 Å². The van der Waals surface area contributed by atoms with Gasteiger partial charge in [0, 0.05) is 11.1 Å². The second-order valence-corrected chi connectivity index (χ2v) is 7.51. The van der Waals surface area contributed by atoms with Crippen LogP contribution in [-0.4, -0.2) is 19.9 Å². The van der Waals surface area contributed by atoms with Gasteiger partial charge in [0.25, 0.3) is 0 Å². The summed E-state index contributed by atoms with van der Waals surface area (Å²) in [5.41, 5.74) is 3.97. The third kappa shape index (κ3) is 4.70. The number of hydrogen-bond donors (Lipinski definition) is 1. The first-order valence-corrected chi connectivity index (χ1v) is 9.86. The molecule has 0 aliphatic carbocycles. The molecule has 142 valence electrons. The molecule has 0 heterocycles. The molecule has 1 N–H and O–H groups in total. The first kappa shape index (κ1) is 19.5. The van der Waals surface area contributed by atoms with E-state index in [0.29, 0.717) is 11.1 Å². The van der Waals surface area contributed by atoms with E-state index in [0.717, 1.165) is 5.56 Å². The number of rotatable bonds is 7. The molecule has 0 amide bonds. The van der Waals surface area contributed by atoms with Crippen LogP contribution < -0.4 is 5.59 Å². The predicted molar refractivity (Wildman–Crippen MR) is 106 cm³/mol. The molecule has 0 fully saturated rings. The van der Waals surface area contributed by atoms with Gasteiger partial charge in [0.2, 0.25) is 5.78 Å². The van der Waals surface area contributed by atoms with Gasteiger partial charge in [0.05, 0.1) is 4.90 Å². The molecular formula is C21H18N2O4S. The lowest BCUT2D eigenvalue weighted by molar-refractivity contribution is 0.106. The van der Waals surface area contributed by atoms with Crippen LogP contribution in [-0.2, 0) is 14.4 Å². The van der Waals surface area contributed by atoms with Crippen LogP contribution in [0.4, 0.5) is 0 Å². The molecule has 0 radical (unpaired) electrons. The molecule has 3 aromatic rings. The average molecular weight is 394 g/mol. The summed E-state index contributed by atoms with van der Waals surface area (Å²) in [6.07, 6.45) is 0. The van der Waals surface area contributed by atoms with Gasteiger partial charge >= 0.3 is 10.1 Å². The molecule has 0 saturated heterocycles. The molecule has 0 bridgehead atoms. The fourth-order valence-corrected chi connectivity index (χ4v) is 3.14. The zero-order chi connectivity index (χ0) is 20.0. The first-order valence-electron chi connectivity index (χ1n) is 8.45. The SMILES string of the molecule is Cc1ccc(S(=O)(=O)ONN=C(C(=O)c2ccccc2)c2ccccc2)cc1. The largest absolute Gasteiger partial charge is 0.318 e. The van der Waals surface area contributed by atoms with Crippen LogP contribution in [0.2, 0.25) is 0 Å². The zero-order valence-electron chi connectivity index (χ0n) is 15.1. The maximum atomic E-state index is 12.8. The maximum Gasteiger partial charge on any atom is 0.318 e. The van der Waals surface area contributed by atoms with E-state index in [-0.39, 0.29) is 16.4 Å². The van der Waals surface area contributed by atoms with E-state index in [1.165, 1.54) is 12.1 Å². The number of nitrogens with one attached hydrogen (secondary N) is 1. The van der Waals surface area contributed by atoms with Crippen LogP contribution in [0.25, 0.3) is 0 Å². The molecule has 0 aliphatic heterocycles. The van der Waals surface area contributed by atoms with E-state index in [1.54, 1.807) is 72.8 Å². The van der Waals surface area contributed by atoms with Crippen molar-refractivity contribution >= 4 is 21.6 Å². The topological polar surface area (TPSA) is 84.8 Å². The van der Waals surface area contributed by atoms with Gasteiger partial charge in [-0.1, -0.05) is 78.4 Å². The lowest BCUT2D eigenvalue weighted by Crippen LogP contribution is -2.22. The summed E-state index contributed by atoms with van der Waals surface area (Å²) in [4.78, 5) is 12.8. The molecule has 0 atom stereocenters. The normalized spacial score (nSPS) is 11.8. The molecule has 3 rings (SSSR count). The van der Waals surface area contributed by atoms with Gasteiger partial charge in [-0.25, -0.2) is 0 Å². The number of carbonyl (C=O) groups excluding carboxylic acids is 1. The number of hydrogen-bond acceptors (Lipinski definition) is 6. The number of ketones is 1. The first-order chi connectivity index (χ1) is 13.5. The third-order valence-electron chi connectivity index (χ3n) is 3.91. The number of aryl methyl sites for hydroxylation is 1. The average Bonchev–Trinajstić information content (AvgIpc) is 2.72. The lowest BCUT2D eigenvalue weighted by Gasteiger charge is -2.08. The van der Waals surface area contributed by atoms with Crippen molar-refractivity contribution in [3.8, 4) is 0 Å². The molecule has 0 aromatic heterocycles. The fraction of sp³-hybridized carbons (Fsp3) is 0.0476. The van der Waals surface area contributed by atoms with Crippen LogP contribution in [0, 0.1) is 6.92 Å². The monoisotopic (exact) mass is 394 g/mol. The summed E-state index contributed by atoms with van der Waals surface area (Å²) in [7, 11) is -4.07. The molecule has 28 heavy (non-hydrogen) atoms. The standard InChI is InChI=1S/C21H18N2O4S/c1-16-12-14-19(15-13-16)28(25,26)27-23-22-20(17-8-4-2-5-9-17)21(24)18-10-6-3-7-11-18/h2-15,23H,1H3. The van der Waals surface area contributed by atoms with E-state index in [1.807, 2.05) is 6.92 Å². The molecule has 3 aromatic carbocycles. The number of Topliss-reactive ketones (excluding diaryl/α,β-unsaturated/α-hetero) is 1. The smallest absolute Gasteiger partial charge is 0.287 e. The fourth-order valence-electron chi connectivity index (χ4n) is 2.44. The molecule has 6 nitrogen and oxygen atoms in total. The van der Waals surface area contributed by atoms with Crippen molar-refractivity contribution in [2.45, 2.75) is 11.8 Å². The minimum Gasteiger partial charge on any atom is -0.287 e. The summed E-state index contributed by atoms with van der Waals surface area (Å²) in [6.45, 7) is 1.85. The summed E-state index contributed by atoms with van der Waals surface area (Å²) >= 11 is 0. The van der Waals surface area contributed by atoms with Gasteiger partial charge in [0.1, 0.15) is 5.71 Å². The highest BCUT2D eigenvalue weighted by Gasteiger charge is 2.18. The van der Waals surface area contributed by atoms with Crippen molar-refractivity contribution < 1.29 is 17.5 Å². The Kier molecular flexibility index (Phi) is 5.98. The van der Waals surface area contributed by atoms with Gasteiger partial charge in [-0.2, -0.15) is 14.0 Å². The summed E-state index contributed by atoms with van der Waals surface area (Å²) in [5, 5.41) is 3.91. The quantitative estimate of drug-likeness (QED) is 0.377. The van der Waals surface area contributed by atoms with Gasteiger partial charge < -0.3 is 0 Å². The Bertz CT molecular complexity index is 1080. The number of nitrogens with zero attached hydrogens (tertiary/aromatic N) is 1. The van der Waals surface area contributed by atoms with Crippen LogP contribution in [0.3, 0.4) is 0 Å². The summed E-state index contributed by atoms with van der Waals surface area (Å²) in [6, 6.07) is 23.5. The Hall–Kier alpha value is -3.29. The minimum absolute atomic E-state index is 0.0172. The molecule has 7 heteroatoms. The highest BCUT2D eigenvalue weighted by Crippen LogP contribution is 2.13. The predicted octanol–water partition coefficient (Wildman–Crippen LogP) is 3.49. The van der Waals surface area contributed by atoms with Gasteiger partial charge in [0.15, 0.2) is 0 Å². The van der Waals surface area contributed by atoms with Crippen LogP contribution in [0.15, 0.2) is 94.9 Å². The van der Waals surface area contributed by atoms with Crippen molar-refractivity contribution in [3.63, 3.8) is 0 Å². The molecule has 0 aliphatic rings. The molecule has 0 unspecified atom stereocenters. The summed E-state index contributed by atoms with van der Waals surface area (Å²) < 4.78 is 29.3. The van der Waals surface area contributed by atoms with Gasteiger partial charge in [-0.05, 0) is 19.1 Å². The van der Waals surface area contributed by atoms with Crippen molar-refractivity contribution in [2.75, 3.05) is 0 Å². The summed E-state index contributed by atoms with van der Waals surface area (Å²) in [5.74, 6) is -0.365. The minimum atomic E-state index is -4.07. The highest BCUT2D eigenvalue weighted by molar-refractivity contribution is 7.86. The van der Waals surface area contributed by atoms with Crippen molar-refractivity contribution in [2.24, 2.45) is 5.10 Å². The van der Waals surface area contributed by atoms with Crippen LogP contribution >= 0.6 is 0 Å². The number of hydrazone groups is 1. The molecule has 0 saturated carbocycles. The molecule has 0 spiro atoms. The molecular weight excluding hydrogens is 376 g/mol. The second kappa shape index (κ2) is 8.60. The lowest BCUT2D eigenvalue weighted by atomic mass is 10.0. The van der Waals surface area contributed by atoms with Gasteiger partial charge in [-0.15, -0.1) is 9.39 Å². The number of benzene rings is 3. The van der Waals surface area contributed by atoms with E-state index < -0.39 is 10.1 Å². The van der Waals surface area contributed by atoms with Crippen LogP contribution in [0.5, 0.6) is 0 Å². The second-order valence-electron chi connectivity index (χ2n) is 5.96. The van der Waals surface area contributed by atoms with E-state index in [2.05, 4.69) is 10.7 Å². The Morgan fingerprint density at radius 1 is 0.821 bits per heavy atom. The van der Waals surface area contributed by atoms with Crippen molar-refractivity contribution in [3.05, 3.63) is 102 Å². The Morgan fingerprint density at radius 2 is 1.36 bits per heavy atom. The van der Waals surface area contributed by atoms with E-state index in [9.17, 15) is 13.2 Å². The van der Waals surface area contributed by atoms with Crippen LogP contribution in [0.1, 0.15) is 21.5 Å². The van der Waals surface area contributed by atoms with Crippen molar-refractivity contribution in [1.82, 2.24) is 5.59 Å². The highest BCUT2D eigenvalue weighted by atomic mass is 32.2. The third-order valence-corrected chi connectivity index (χ3v) is 5.06. The van der Waals surface area contributed by atoms with Crippen molar-refractivity contribution in [1.29, 1.82) is 0 Å². The maximum absolute atomic E-state index is 12.8.